The second-order valence-corrected chi connectivity index (χ2v) is 6.50. The van der Waals surface area contributed by atoms with E-state index in [2.05, 4.69) is 5.32 Å². The first-order valence-corrected chi connectivity index (χ1v) is 8.69. The average Bonchev–Trinajstić information content (AvgIpc) is 2.99. The first-order valence-electron chi connectivity index (χ1n) is 8.32. The number of benzene rings is 1. The molecule has 0 unspecified atom stereocenters. The first kappa shape index (κ1) is 17.5. The lowest BCUT2D eigenvalue weighted by atomic mass is 10.2. The zero-order valence-corrected chi connectivity index (χ0v) is 14.6. The Balaban J connectivity index is 1.50. The Morgan fingerprint density at radius 2 is 2.12 bits per heavy atom. The van der Waals surface area contributed by atoms with Crippen LogP contribution in [0.5, 0.6) is 5.75 Å². The Morgan fingerprint density at radius 1 is 1.28 bits per heavy atom. The number of likely N-dealkylation sites (tertiary alicyclic amines) is 1. The number of carbonyl (C=O) groups excluding carboxylic acids is 3. The number of ether oxygens (including phenoxy) is 1. The summed E-state index contributed by atoms with van der Waals surface area (Å²) < 4.78 is 5.35. The third-order valence-electron chi connectivity index (χ3n) is 4.26. The molecule has 1 aromatic rings. The topological polar surface area (TPSA) is 79.0 Å². The largest absolute Gasteiger partial charge is 0.482 e. The molecule has 2 aliphatic rings. The fourth-order valence-corrected chi connectivity index (χ4v) is 3.15. The minimum Gasteiger partial charge on any atom is -0.482 e. The van der Waals surface area contributed by atoms with Gasteiger partial charge in [0.15, 0.2) is 6.61 Å². The number of halogens is 1. The molecule has 0 atom stereocenters. The van der Waals surface area contributed by atoms with Gasteiger partial charge in [0.05, 0.1) is 5.69 Å². The number of carbonyl (C=O) groups is 3. The van der Waals surface area contributed by atoms with E-state index in [4.69, 9.17) is 16.3 Å². The van der Waals surface area contributed by atoms with Crippen molar-refractivity contribution >= 4 is 35.0 Å². The normalized spacial score (nSPS) is 16.7. The maximum absolute atomic E-state index is 12.2. The van der Waals surface area contributed by atoms with Crippen LogP contribution >= 0.6 is 11.6 Å². The van der Waals surface area contributed by atoms with Crippen LogP contribution < -0.4 is 15.0 Å². The summed E-state index contributed by atoms with van der Waals surface area (Å²) in [6.45, 7) is 1.72. The Hall–Kier alpha value is -2.28. The number of hydrogen-bond acceptors (Lipinski definition) is 4. The van der Waals surface area contributed by atoms with Crippen molar-refractivity contribution in [3.63, 3.8) is 0 Å². The SMILES string of the molecule is O=C(CN1C(=O)COc2ccc(Cl)cc21)NCCCN1CCCC1=O. The van der Waals surface area contributed by atoms with Crippen LogP contribution in [0, 0.1) is 0 Å². The lowest BCUT2D eigenvalue weighted by molar-refractivity contribution is -0.127. The highest BCUT2D eigenvalue weighted by Gasteiger charge is 2.27. The molecule has 7 nitrogen and oxygen atoms in total. The van der Waals surface area contributed by atoms with Gasteiger partial charge in [-0.3, -0.25) is 19.3 Å². The summed E-state index contributed by atoms with van der Waals surface area (Å²) >= 11 is 5.98. The van der Waals surface area contributed by atoms with Gasteiger partial charge in [0.2, 0.25) is 11.8 Å². The van der Waals surface area contributed by atoms with E-state index in [0.29, 0.717) is 42.4 Å². The van der Waals surface area contributed by atoms with Gasteiger partial charge in [-0.2, -0.15) is 0 Å². The maximum Gasteiger partial charge on any atom is 0.265 e. The van der Waals surface area contributed by atoms with Crippen LogP contribution in [0.25, 0.3) is 0 Å². The van der Waals surface area contributed by atoms with Crippen LogP contribution in [0.2, 0.25) is 5.02 Å². The van der Waals surface area contributed by atoms with Crippen molar-refractivity contribution in [3.8, 4) is 5.75 Å². The minimum absolute atomic E-state index is 0.0851. The van der Waals surface area contributed by atoms with Gasteiger partial charge in [-0.1, -0.05) is 11.6 Å². The number of fused-ring (bicyclic) bond motifs is 1. The molecule has 1 saturated heterocycles. The van der Waals surface area contributed by atoms with Gasteiger partial charge < -0.3 is 15.0 Å². The van der Waals surface area contributed by atoms with Gasteiger partial charge in [0.25, 0.3) is 5.91 Å². The molecule has 134 valence electrons. The third kappa shape index (κ3) is 4.22. The van der Waals surface area contributed by atoms with Crippen molar-refractivity contribution in [1.82, 2.24) is 10.2 Å². The van der Waals surface area contributed by atoms with E-state index in [0.717, 1.165) is 13.0 Å². The minimum atomic E-state index is -0.285. The molecule has 0 aromatic heterocycles. The molecule has 1 fully saturated rings. The van der Waals surface area contributed by atoms with Crippen molar-refractivity contribution in [3.05, 3.63) is 23.2 Å². The molecular weight excluding hydrogens is 346 g/mol. The molecule has 0 spiro atoms. The average molecular weight is 366 g/mol. The second kappa shape index (κ2) is 7.74. The monoisotopic (exact) mass is 365 g/mol. The quantitative estimate of drug-likeness (QED) is 0.768. The summed E-state index contributed by atoms with van der Waals surface area (Å²) in [6, 6.07) is 4.97. The van der Waals surface area contributed by atoms with E-state index in [-0.39, 0.29) is 30.9 Å². The molecule has 25 heavy (non-hydrogen) atoms. The Labute approximate surface area is 150 Å². The zero-order chi connectivity index (χ0) is 17.8. The summed E-state index contributed by atoms with van der Waals surface area (Å²) in [5, 5.41) is 3.26. The first-order chi connectivity index (χ1) is 12.0. The van der Waals surface area contributed by atoms with Gasteiger partial charge >= 0.3 is 0 Å². The lowest BCUT2D eigenvalue weighted by Crippen LogP contribution is -2.45. The van der Waals surface area contributed by atoms with E-state index in [1.54, 1.807) is 18.2 Å². The number of rotatable bonds is 6. The molecule has 1 N–H and O–H groups in total. The van der Waals surface area contributed by atoms with Gasteiger partial charge in [-0.25, -0.2) is 0 Å². The molecule has 2 aliphatic heterocycles. The fourth-order valence-electron chi connectivity index (χ4n) is 2.99. The van der Waals surface area contributed by atoms with E-state index in [1.807, 2.05) is 4.90 Å². The molecule has 0 aliphatic carbocycles. The van der Waals surface area contributed by atoms with Crippen LogP contribution in [0.3, 0.4) is 0 Å². The third-order valence-corrected chi connectivity index (χ3v) is 4.50. The molecule has 3 amide bonds. The second-order valence-electron chi connectivity index (χ2n) is 6.07. The number of nitrogens with one attached hydrogen (secondary N) is 1. The van der Waals surface area contributed by atoms with E-state index < -0.39 is 0 Å². The smallest absolute Gasteiger partial charge is 0.265 e. The maximum atomic E-state index is 12.2. The summed E-state index contributed by atoms with van der Waals surface area (Å²) in [5.41, 5.74) is 0.501. The Bertz CT molecular complexity index is 694. The van der Waals surface area contributed by atoms with Crippen LogP contribution in [-0.2, 0) is 14.4 Å². The van der Waals surface area contributed by atoms with Crippen LogP contribution in [-0.4, -0.2) is 55.4 Å². The van der Waals surface area contributed by atoms with Crippen LogP contribution in [0.1, 0.15) is 19.3 Å². The summed E-state index contributed by atoms with van der Waals surface area (Å²) in [4.78, 5) is 38.9. The highest BCUT2D eigenvalue weighted by Crippen LogP contribution is 2.34. The van der Waals surface area contributed by atoms with Gasteiger partial charge in [0.1, 0.15) is 12.3 Å². The standard InChI is InChI=1S/C17H20ClN3O4/c18-12-4-5-14-13(9-12)21(17(24)11-25-14)10-15(22)19-6-2-8-20-7-1-3-16(20)23/h4-5,9H,1-3,6-8,10-11H2,(H,19,22). The summed E-state index contributed by atoms with van der Waals surface area (Å²) in [6.07, 6.45) is 2.22. The van der Waals surface area contributed by atoms with E-state index in [1.165, 1.54) is 4.90 Å². The Kier molecular flexibility index (Phi) is 5.43. The fraction of sp³-hybridized carbons (Fsp3) is 0.471. The molecular formula is C17H20ClN3O4. The zero-order valence-electron chi connectivity index (χ0n) is 13.8. The lowest BCUT2D eigenvalue weighted by Gasteiger charge is -2.29. The molecule has 0 radical (unpaired) electrons. The molecule has 1 aromatic carbocycles. The molecule has 3 rings (SSSR count). The van der Waals surface area contributed by atoms with E-state index in [9.17, 15) is 14.4 Å². The van der Waals surface area contributed by atoms with Crippen molar-refractivity contribution in [2.45, 2.75) is 19.3 Å². The predicted octanol–water partition coefficient (Wildman–Crippen LogP) is 1.19. The van der Waals surface area contributed by atoms with E-state index >= 15 is 0 Å². The van der Waals surface area contributed by atoms with Crippen molar-refractivity contribution < 1.29 is 19.1 Å². The van der Waals surface area contributed by atoms with Gasteiger partial charge in [-0.15, -0.1) is 0 Å². The van der Waals surface area contributed by atoms with Crippen LogP contribution in [0.15, 0.2) is 18.2 Å². The highest BCUT2D eigenvalue weighted by atomic mass is 35.5. The van der Waals surface area contributed by atoms with Crippen LogP contribution in [0.4, 0.5) is 5.69 Å². The number of nitrogens with zero attached hydrogens (tertiary/aromatic N) is 2. The van der Waals surface area contributed by atoms with Crippen molar-refractivity contribution in [1.29, 1.82) is 0 Å². The predicted molar refractivity (Wildman–Crippen MR) is 92.7 cm³/mol. The van der Waals surface area contributed by atoms with Gasteiger partial charge in [0, 0.05) is 31.1 Å². The Morgan fingerprint density at radius 3 is 2.88 bits per heavy atom. The summed E-state index contributed by atoms with van der Waals surface area (Å²) in [7, 11) is 0. The van der Waals surface area contributed by atoms with Crippen molar-refractivity contribution in [2.75, 3.05) is 37.7 Å². The van der Waals surface area contributed by atoms with Crippen molar-refractivity contribution in [2.24, 2.45) is 0 Å². The van der Waals surface area contributed by atoms with Gasteiger partial charge in [-0.05, 0) is 31.0 Å². The summed E-state index contributed by atoms with van der Waals surface area (Å²) in [5.74, 6) is 0.171. The molecule has 2 heterocycles. The number of amides is 3. The highest BCUT2D eigenvalue weighted by molar-refractivity contribution is 6.31. The number of hydrogen-bond donors (Lipinski definition) is 1. The molecule has 8 heteroatoms. The number of anilines is 1. The molecule has 0 bridgehead atoms. The molecule has 0 saturated carbocycles.